The molecule has 7 heteroatoms. The molecule has 0 bridgehead atoms. The minimum Gasteiger partial charge on any atom is -0.340 e. The summed E-state index contributed by atoms with van der Waals surface area (Å²) in [6.45, 7) is 0.754. The van der Waals surface area contributed by atoms with Gasteiger partial charge in [-0.1, -0.05) is 15.9 Å². The fourth-order valence-corrected chi connectivity index (χ4v) is 2.13. The van der Waals surface area contributed by atoms with E-state index in [9.17, 15) is 13.6 Å². The molecule has 0 fully saturated rings. The molecule has 0 saturated carbocycles. The maximum Gasteiger partial charge on any atom is 0.259 e. The molecule has 0 unspecified atom stereocenters. The average molecular weight is 344 g/mol. The molecule has 1 amide bonds. The summed E-state index contributed by atoms with van der Waals surface area (Å²) in [6.07, 6.45) is 3.37. The lowest BCUT2D eigenvalue weighted by Gasteiger charge is -2.18. The molecule has 2 rings (SSSR count). The van der Waals surface area contributed by atoms with Gasteiger partial charge in [0, 0.05) is 30.5 Å². The van der Waals surface area contributed by atoms with Crippen LogP contribution in [0.25, 0.3) is 0 Å². The molecule has 0 saturated heterocycles. The van der Waals surface area contributed by atoms with Crippen LogP contribution in [0.3, 0.4) is 0 Å². The second-order valence-corrected chi connectivity index (χ2v) is 5.16. The molecule has 2 aromatic rings. The van der Waals surface area contributed by atoms with Gasteiger partial charge in [-0.3, -0.25) is 9.48 Å². The van der Waals surface area contributed by atoms with Gasteiger partial charge in [0.05, 0.1) is 6.54 Å². The van der Waals surface area contributed by atoms with Crippen LogP contribution in [0, 0.1) is 11.6 Å². The molecule has 0 aliphatic carbocycles. The molecule has 0 atom stereocenters. The maximum atomic E-state index is 13.7. The summed E-state index contributed by atoms with van der Waals surface area (Å²) < 4.78 is 29.3. The van der Waals surface area contributed by atoms with Crippen molar-refractivity contribution in [2.75, 3.05) is 13.6 Å². The summed E-state index contributed by atoms with van der Waals surface area (Å²) >= 11 is 2.97. The van der Waals surface area contributed by atoms with E-state index in [0.717, 1.165) is 12.1 Å². The fourth-order valence-electron chi connectivity index (χ4n) is 1.72. The number of likely N-dealkylation sites (N-methyl/N-ethyl adjacent to an activating group) is 1. The predicted octanol–water partition coefficient (Wildman–Crippen LogP) is 2.70. The Balaban J connectivity index is 2.10. The van der Waals surface area contributed by atoms with Crippen molar-refractivity contribution in [1.29, 1.82) is 0 Å². The Morgan fingerprint density at radius 2 is 2.05 bits per heavy atom. The molecule has 0 N–H and O–H groups in total. The summed E-state index contributed by atoms with van der Waals surface area (Å²) in [5.74, 6) is -2.46. The lowest BCUT2D eigenvalue weighted by atomic mass is 10.1. The van der Waals surface area contributed by atoms with Crippen LogP contribution in [0.15, 0.2) is 35.1 Å². The van der Waals surface area contributed by atoms with Gasteiger partial charge in [0.2, 0.25) is 0 Å². The Bertz CT molecular complexity index is 593. The molecule has 1 aromatic carbocycles. The van der Waals surface area contributed by atoms with Gasteiger partial charge in [0.15, 0.2) is 0 Å². The zero-order valence-electron chi connectivity index (χ0n) is 10.7. The molecular formula is C13H12BrF2N3O. The number of aromatic nitrogens is 2. The van der Waals surface area contributed by atoms with E-state index in [1.807, 2.05) is 0 Å². The van der Waals surface area contributed by atoms with Crippen molar-refractivity contribution in [1.82, 2.24) is 14.7 Å². The second kappa shape index (κ2) is 6.13. The first-order valence-electron chi connectivity index (χ1n) is 5.86. The van der Waals surface area contributed by atoms with Gasteiger partial charge in [-0.15, -0.1) is 0 Å². The highest BCUT2D eigenvalue weighted by Crippen LogP contribution is 2.20. The van der Waals surface area contributed by atoms with Gasteiger partial charge in [-0.05, 0) is 18.2 Å². The largest absolute Gasteiger partial charge is 0.340 e. The van der Waals surface area contributed by atoms with Crippen LogP contribution >= 0.6 is 15.9 Å². The summed E-state index contributed by atoms with van der Waals surface area (Å²) in [5, 5.41) is 3.99. The first-order valence-corrected chi connectivity index (χ1v) is 6.66. The Morgan fingerprint density at radius 3 is 2.60 bits per heavy atom. The van der Waals surface area contributed by atoms with Gasteiger partial charge in [0.25, 0.3) is 5.91 Å². The van der Waals surface area contributed by atoms with E-state index in [0.29, 0.717) is 13.1 Å². The van der Waals surface area contributed by atoms with E-state index in [-0.39, 0.29) is 4.47 Å². The van der Waals surface area contributed by atoms with Gasteiger partial charge in [-0.25, -0.2) is 8.78 Å². The van der Waals surface area contributed by atoms with Crippen LogP contribution < -0.4 is 0 Å². The second-order valence-electron chi connectivity index (χ2n) is 4.24. The monoisotopic (exact) mass is 343 g/mol. The van der Waals surface area contributed by atoms with Gasteiger partial charge in [-0.2, -0.15) is 5.10 Å². The van der Waals surface area contributed by atoms with Gasteiger partial charge >= 0.3 is 0 Å². The van der Waals surface area contributed by atoms with Crippen molar-refractivity contribution in [3.05, 3.63) is 52.3 Å². The average Bonchev–Trinajstić information content (AvgIpc) is 2.87. The van der Waals surface area contributed by atoms with E-state index in [1.165, 1.54) is 11.9 Å². The predicted molar refractivity (Wildman–Crippen MR) is 73.2 cm³/mol. The molecule has 1 heterocycles. The highest BCUT2D eigenvalue weighted by Gasteiger charge is 2.21. The first kappa shape index (κ1) is 14.6. The SMILES string of the molecule is CN(CCn1cccn1)C(=O)c1c(F)cc(Br)cc1F. The quantitative estimate of drug-likeness (QED) is 0.855. The molecule has 0 radical (unpaired) electrons. The highest BCUT2D eigenvalue weighted by molar-refractivity contribution is 9.10. The lowest BCUT2D eigenvalue weighted by Crippen LogP contribution is -2.31. The van der Waals surface area contributed by atoms with Gasteiger partial charge in [0.1, 0.15) is 17.2 Å². The zero-order chi connectivity index (χ0) is 14.7. The summed E-state index contributed by atoms with van der Waals surface area (Å²) in [6, 6.07) is 3.89. The normalized spacial score (nSPS) is 10.6. The summed E-state index contributed by atoms with van der Waals surface area (Å²) in [5.41, 5.74) is -0.545. The van der Waals surface area contributed by atoms with E-state index in [1.54, 1.807) is 23.1 Å². The number of amides is 1. The molecule has 1 aromatic heterocycles. The topological polar surface area (TPSA) is 38.1 Å². The number of carbonyl (C=O) groups excluding carboxylic acids is 1. The standard InChI is InChI=1S/C13H12BrF2N3O/c1-18(5-6-19-4-2-3-17-19)13(20)12-10(15)7-9(14)8-11(12)16/h2-4,7-8H,5-6H2,1H3. The summed E-state index contributed by atoms with van der Waals surface area (Å²) in [4.78, 5) is 13.3. The van der Waals surface area contributed by atoms with Gasteiger partial charge < -0.3 is 4.90 Å². The fraction of sp³-hybridized carbons (Fsp3) is 0.231. The molecule has 0 spiro atoms. The third-order valence-corrected chi connectivity index (χ3v) is 3.25. The van der Waals surface area contributed by atoms with Crippen molar-refractivity contribution in [2.24, 2.45) is 0 Å². The van der Waals surface area contributed by atoms with Crippen LogP contribution in [-0.4, -0.2) is 34.2 Å². The van der Waals surface area contributed by atoms with Crippen molar-refractivity contribution in [3.63, 3.8) is 0 Å². The van der Waals surface area contributed by atoms with Crippen LogP contribution in [-0.2, 0) is 6.54 Å². The van der Waals surface area contributed by atoms with Crippen LogP contribution in [0.1, 0.15) is 10.4 Å². The molecule has 20 heavy (non-hydrogen) atoms. The first-order chi connectivity index (χ1) is 9.49. The highest BCUT2D eigenvalue weighted by atomic mass is 79.9. The number of benzene rings is 1. The van der Waals surface area contributed by atoms with Crippen molar-refractivity contribution >= 4 is 21.8 Å². The smallest absolute Gasteiger partial charge is 0.259 e. The van der Waals surface area contributed by atoms with Crippen LogP contribution in [0.5, 0.6) is 0 Å². The minimum absolute atomic E-state index is 0.253. The van der Waals surface area contributed by atoms with Crippen molar-refractivity contribution in [3.8, 4) is 0 Å². The molecule has 0 aliphatic heterocycles. The molecule has 0 aliphatic rings. The van der Waals surface area contributed by atoms with E-state index in [4.69, 9.17) is 0 Å². The Kier molecular flexibility index (Phi) is 4.49. The molecule has 106 valence electrons. The van der Waals surface area contributed by atoms with Crippen molar-refractivity contribution < 1.29 is 13.6 Å². The number of carbonyl (C=O) groups is 1. The lowest BCUT2D eigenvalue weighted by molar-refractivity contribution is 0.0779. The Hall–Kier alpha value is -1.76. The van der Waals surface area contributed by atoms with Crippen LogP contribution in [0.4, 0.5) is 8.78 Å². The third kappa shape index (κ3) is 3.22. The van der Waals surface area contributed by atoms with Crippen molar-refractivity contribution in [2.45, 2.75) is 6.54 Å². The number of rotatable bonds is 4. The van der Waals surface area contributed by atoms with Crippen LogP contribution in [0.2, 0.25) is 0 Å². The number of hydrogen-bond donors (Lipinski definition) is 0. The summed E-state index contributed by atoms with van der Waals surface area (Å²) in [7, 11) is 1.49. The number of nitrogens with zero attached hydrogens (tertiary/aromatic N) is 3. The maximum absolute atomic E-state index is 13.7. The Labute approximate surface area is 123 Å². The number of halogens is 3. The van der Waals surface area contributed by atoms with E-state index >= 15 is 0 Å². The Morgan fingerprint density at radius 1 is 1.40 bits per heavy atom. The number of hydrogen-bond acceptors (Lipinski definition) is 2. The van der Waals surface area contributed by atoms with E-state index in [2.05, 4.69) is 21.0 Å². The van der Waals surface area contributed by atoms with E-state index < -0.39 is 23.1 Å². The minimum atomic E-state index is -0.882. The molecule has 4 nitrogen and oxygen atoms in total. The molecular weight excluding hydrogens is 332 g/mol. The zero-order valence-corrected chi connectivity index (χ0v) is 12.3. The third-order valence-electron chi connectivity index (χ3n) is 2.79.